The molecule has 0 spiro atoms. The molecule has 2 N–H and O–H groups in total. The van der Waals surface area contributed by atoms with Gasteiger partial charge in [-0.15, -0.1) is 0 Å². The topological polar surface area (TPSA) is 101 Å². The average Bonchev–Trinajstić information content (AvgIpc) is 3.31. The van der Waals surface area contributed by atoms with Gasteiger partial charge in [0, 0.05) is 22.3 Å². The third-order valence-corrected chi connectivity index (χ3v) is 5.61. The maximum Gasteiger partial charge on any atom is 0.314 e. The number of pyridine rings is 1. The summed E-state index contributed by atoms with van der Waals surface area (Å²) in [6, 6.07) is 7.41. The van der Waals surface area contributed by atoms with Crippen molar-refractivity contribution in [2.45, 2.75) is 45.0 Å². The second-order valence-electron chi connectivity index (χ2n) is 7.26. The molecule has 2 aromatic rings. The van der Waals surface area contributed by atoms with E-state index in [9.17, 15) is 4.79 Å². The van der Waals surface area contributed by atoms with E-state index in [0.29, 0.717) is 42.3 Å². The zero-order chi connectivity index (χ0) is 20.5. The van der Waals surface area contributed by atoms with Crippen LogP contribution in [0.25, 0.3) is 0 Å². The van der Waals surface area contributed by atoms with Crippen LogP contribution in [-0.4, -0.2) is 32.9 Å². The Balaban J connectivity index is 1.52. The number of carbonyl (C=O) groups excluding carboxylic acids is 1. The number of rotatable bonds is 5. The molecule has 1 aliphatic carbocycles. The molecule has 8 nitrogen and oxygen atoms in total. The highest BCUT2D eigenvalue weighted by Gasteiger charge is 2.35. The smallest absolute Gasteiger partial charge is 0.314 e. The van der Waals surface area contributed by atoms with E-state index in [-0.39, 0.29) is 23.4 Å². The van der Waals surface area contributed by atoms with Gasteiger partial charge >= 0.3 is 5.97 Å². The fraction of sp³-hybridized carbons (Fsp3) is 0.400. The van der Waals surface area contributed by atoms with Crippen LogP contribution in [0.1, 0.15) is 47.8 Å². The standard InChI is InChI=1S/C20H21ClN2O6/c1-11-18(28-20(24)13-4-7-15(8-13)29-23(25)26)17-10-27-19(16(17)9-22-11)12-2-5-14(21)6-3-12/h2-3,5-6,9,13,15,19,25-26H,4,7-8,10H2,1H3/t13?,15-,19+/m1/s1. The first-order valence-corrected chi connectivity index (χ1v) is 9.72. The highest BCUT2D eigenvalue weighted by Crippen LogP contribution is 2.41. The molecule has 4 rings (SSSR count). The number of aryl methyl sites for hydroxylation is 1. The molecule has 1 aromatic carbocycles. The number of benzene rings is 1. The molecule has 0 saturated heterocycles. The minimum Gasteiger partial charge on any atom is -0.424 e. The SMILES string of the molecule is Cc1ncc2c(c1OC(=O)C1CC[C@@H](ON(O)O)C1)CO[C@H]2c1ccc(Cl)cc1. The molecule has 1 aliphatic heterocycles. The summed E-state index contributed by atoms with van der Waals surface area (Å²) in [5.74, 6) is -0.337. The minimum absolute atomic E-state index is 0.294. The summed E-state index contributed by atoms with van der Waals surface area (Å²) < 4.78 is 11.7. The Morgan fingerprint density at radius 2 is 2.03 bits per heavy atom. The van der Waals surface area contributed by atoms with E-state index >= 15 is 0 Å². The predicted molar refractivity (Wildman–Crippen MR) is 100 cm³/mol. The van der Waals surface area contributed by atoms with Crippen LogP contribution in [0.3, 0.4) is 0 Å². The summed E-state index contributed by atoms with van der Waals surface area (Å²) in [7, 11) is 0. The number of carbonyl (C=O) groups is 1. The Bertz CT molecular complexity index is 905. The van der Waals surface area contributed by atoms with Crippen LogP contribution in [0.2, 0.25) is 5.02 Å². The summed E-state index contributed by atoms with van der Waals surface area (Å²) in [5.41, 5.74) is 3.24. The lowest BCUT2D eigenvalue weighted by Crippen LogP contribution is -2.24. The summed E-state index contributed by atoms with van der Waals surface area (Å²) in [4.78, 5) is 21.9. The molecule has 0 amide bonds. The van der Waals surface area contributed by atoms with Crippen molar-refractivity contribution >= 4 is 17.6 Å². The van der Waals surface area contributed by atoms with Crippen LogP contribution in [0.5, 0.6) is 5.75 Å². The van der Waals surface area contributed by atoms with Gasteiger partial charge in [-0.2, -0.15) is 0 Å². The molecule has 0 radical (unpaired) electrons. The van der Waals surface area contributed by atoms with Gasteiger partial charge in [-0.05, 0) is 43.9 Å². The molecule has 154 valence electrons. The second kappa shape index (κ2) is 8.35. The van der Waals surface area contributed by atoms with E-state index in [4.69, 9.17) is 36.3 Å². The van der Waals surface area contributed by atoms with Gasteiger partial charge in [0.15, 0.2) is 5.75 Å². The highest BCUT2D eigenvalue weighted by molar-refractivity contribution is 6.30. The molecule has 3 atom stereocenters. The number of hydrogen-bond acceptors (Lipinski definition) is 8. The number of nitrogens with zero attached hydrogens (tertiary/aromatic N) is 2. The summed E-state index contributed by atoms with van der Waals surface area (Å²) in [6.45, 7) is 2.10. The minimum atomic E-state index is -0.444. The van der Waals surface area contributed by atoms with E-state index < -0.39 is 6.10 Å². The van der Waals surface area contributed by atoms with Crippen molar-refractivity contribution in [1.29, 1.82) is 0 Å². The first-order valence-electron chi connectivity index (χ1n) is 9.34. The van der Waals surface area contributed by atoms with Crippen molar-refractivity contribution in [2.24, 2.45) is 5.92 Å². The zero-order valence-electron chi connectivity index (χ0n) is 15.7. The van der Waals surface area contributed by atoms with Crippen LogP contribution in [0, 0.1) is 12.8 Å². The number of halogens is 1. The molecule has 1 fully saturated rings. The lowest BCUT2D eigenvalue weighted by atomic mass is 10.00. The molecule has 29 heavy (non-hydrogen) atoms. The van der Waals surface area contributed by atoms with Gasteiger partial charge in [0.25, 0.3) is 0 Å². The van der Waals surface area contributed by atoms with Crippen LogP contribution in [-0.2, 0) is 21.0 Å². The van der Waals surface area contributed by atoms with Gasteiger partial charge in [-0.3, -0.25) is 20.2 Å². The summed E-state index contributed by atoms with van der Waals surface area (Å²) in [6.07, 6.45) is 2.44. The van der Waals surface area contributed by atoms with Gasteiger partial charge in [-0.25, -0.2) is 4.84 Å². The Kier molecular flexibility index (Phi) is 5.82. The fourth-order valence-corrected chi connectivity index (χ4v) is 4.03. The second-order valence-corrected chi connectivity index (χ2v) is 7.70. The Morgan fingerprint density at radius 1 is 1.28 bits per heavy atom. The first-order chi connectivity index (χ1) is 13.9. The van der Waals surface area contributed by atoms with Crippen LogP contribution >= 0.6 is 11.6 Å². The molecule has 0 bridgehead atoms. The molecule has 1 aromatic heterocycles. The van der Waals surface area contributed by atoms with Gasteiger partial charge in [-0.1, -0.05) is 23.7 Å². The predicted octanol–water partition coefficient (Wildman–Crippen LogP) is 3.75. The van der Waals surface area contributed by atoms with E-state index in [1.54, 1.807) is 25.3 Å². The van der Waals surface area contributed by atoms with Crippen molar-refractivity contribution in [1.82, 2.24) is 10.4 Å². The molecule has 2 aliphatic rings. The number of aromatic nitrogens is 1. The maximum atomic E-state index is 12.7. The Morgan fingerprint density at radius 3 is 2.76 bits per heavy atom. The highest BCUT2D eigenvalue weighted by atomic mass is 35.5. The molecular formula is C20H21ClN2O6. The first kappa shape index (κ1) is 20.2. The van der Waals surface area contributed by atoms with Crippen molar-refractivity contribution in [2.75, 3.05) is 0 Å². The van der Waals surface area contributed by atoms with Gasteiger partial charge in [0.05, 0.1) is 29.7 Å². The quantitative estimate of drug-likeness (QED) is 0.557. The summed E-state index contributed by atoms with van der Waals surface area (Å²) >= 11 is 5.97. The van der Waals surface area contributed by atoms with E-state index in [1.807, 2.05) is 12.1 Å². The average molecular weight is 421 g/mol. The number of esters is 1. The normalized spacial score (nSPS) is 23.4. The van der Waals surface area contributed by atoms with Crippen molar-refractivity contribution in [3.8, 4) is 5.75 Å². The van der Waals surface area contributed by atoms with Crippen molar-refractivity contribution in [3.05, 3.63) is 57.9 Å². The van der Waals surface area contributed by atoms with Gasteiger partial charge in [0.2, 0.25) is 0 Å². The maximum absolute atomic E-state index is 12.7. The monoisotopic (exact) mass is 420 g/mol. The van der Waals surface area contributed by atoms with Gasteiger partial charge in [0.1, 0.15) is 6.10 Å². The number of ether oxygens (including phenoxy) is 2. The molecule has 1 unspecified atom stereocenters. The van der Waals surface area contributed by atoms with Crippen molar-refractivity contribution < 1.29 is 29.5 Å². The van der Waals surface area contributed by atoms with Crippen LogP contribution in [0.15, 0.2) is 30.5 Å². The lowest BCUT2D eigenvalue weighted by Gasteiger charge is -2.16. The lowest BCUT2D eigenvalue weighted by molar-refractivity contribution is -0.504. The molecular weight excluding hydrogens is 400 g/mol. The van der Waals surface area contributed by atoms with Crippen LogP contribution < -0.4 is 4.74 Å². The molecule has 1 saturated carbocycles. The van der Waals surface area contributed by atoms with E-state index in [1.165, 1.54) is 0 Å². The third kappa shape index (κ3) is 4.28. The zero-order valence-corrected chi connectivity index (χ0v) is 16.5. The Labute approximate surface area is 172 Å². The van der Waals surface area contributed by atoms with Crippen molar-refractivity contribution in [3.63, 3.8) is 0 Å². The van der Waals surface area contributed by atoms with E-state index in [2.05, 4.69) is 4.98 Å². The molecule has 2 heterocycles. The summed E-state index contributed by atoms with van der Waals surface area (Å²) in [5, 5.41) is 17.9. The van der Waals surface area contributed by atoms with Gasteiger partial charge < -0.3 is 9.47 Å². The van der Waals surface area contributed by atoms with E-state index in [0.717, 1.165) is 16.7 Å². The van der Waals surface area contributed by atoms with Crippen LogP contribution in [0.4, 0.5) is 0 Å². The molecule has 9 heteroatoms. The number of hydrogen-bond donors (Lipinski definition) is 2. The third-order valence-electron chi connectivity index (χ3n) is 5.36. The fourth-order valence-electron chi connectivity index (χ4n) is 3.90. The number of fused-ring (bicyclic) bond motifs is 1. The Hall–Kier alpha value is -2.07. The largest absolute Gasteiger partial charge is 0.424 e.